The lowest BCUT2D eigenvalue weighted by atomic mass is 10.0. The van der Waals surface area contributed by atoms with Crippen molar-refractivity contribution in [2.75, 3.05) is 6.54 Å². The topological polar surface area (TPSA) is 75.4 Å². The van der Waals surface area contributed by atoms with Gasteiger partial charge in [-0.15, -0.1) is 0 Å². The Kier molecular flexibility index (Phi) is 4.57. The highest BCUT2D eigenvalue weighted by Crippen LogP contribution is 2.23. The van der Waals surface area contributed by atoms with Crippen LogP contribution in [0.1, 0.15) is 35.3 Å². The lowest BCUT2D eigenvalue weighted by Gasteiger charge is -2.32. The molecule has 2 heterocycles. The molecule has 24 heavy (non-hydrogen) atoms. The number of para-hydroxylation sites is 1. The molecule has 3 rings (SSSR count). The summed E-state index contributed by atoms with van der Waals surface area (Å²) in [5, 5.41) is 14.2. The third-order valence-corrected chi connectivity index (χ3v) is 4.57. The second kappa shape index (κ2) is 6.65. The maximum Gasteiger partial charge on any atom is 0.326 e. The van der Waals surface area contributed by atoms with Crippen LogP contribution in [0.2, 0.25) is 5.02 Å². The number of rotatable bonds is 3. The lowest BCUT2D eigenvalue weighted by Crippen LogP contribution is -2.48. The Morgan fingerprint density at radius 1 is 1.29 bits per heavy atom. The second-order valence-electron chi connectivity index (χ2n) is 5.91. The molecular formula is C17H18ClN3O3. The Morgan fingerprint density at radius 2 is 2.04 bits per heavy atom. The van der Waals surface area contributed by atoms with E-state index in [1.54, 1.807) is 23.9 Å². The van der Waals surface area contributed by atoms with Crippen LogP contribution in [0, 0.1) is 6.92 Å². The molecule has 1 saturated heterocycles. The number of aliphatic carboxylic acids is 1. The number of carbonyl (C=O) groups is 2. The van der Waals surface area contributed by atoms with Gasteiger partial charge in [0.25, 0.3) is 5.91 Å². The first-order valence-electron chi connectivity index (χ1n) is 7.84. The van der Waals surface area contributed by atoms with Gasteiger partial charge >= 0.3 is 5.97 Å². The molecule has 1 fully saturated rings. The largest absolute Gasteiger partial charge is 0.480 e. The molecule has 0 bridgehead atoms. The molecule has 126 valence electrons. The quantitative estimate of drug-likeness (QED) is 0.926. The van der Waals surface area contributed by atoms with Crippen molar-refractivity contribution in [2.45, 2.75) is 32.2 Å². The van der Waals surface area contributed by atoms with Crippen LogP contribution in [0.5, 0.6) is 0 Å². The van der Waals surface area contributed by atoms with Crippen LogP contribution in [0.3, 0.4) is 0 Å². The molecule has 6 nitrogen and oxygen atoms in total. The van der Waals surface area contributed by atoms with Crippen molar-refractivity contribution in [1.82, 2.24) is 14.7 Å². The van der Waals surface area contributed by atoms with Crippen molar-refractivity contribution < 1.29 is 14.7 Å². The van der Waals surface area contributed by atoms with Gasteiger partial charge in [-0.05, 0) is 38.3 Å². The monoisotopic (exact) mass is 347 g/mol. The minimum Gasteiger partial charge on any atom is -0.480 e. The fourth-order valence-corrected chi connectivity index (χ4v) is 3.22. The van der Waals surface area contributed by atoms with Crippen LogP contribution in [0.25, 0.3) is 5.69 Å². The molecule has 0 spiro atoms. The number of benzene rings is 1. The van der Waals surface area contributed by atoms with E-state index in [0.29, 0.717) is 29.2 Å². The molecule has 0 saturated carbocycles. The molecule has 1 aromatic heterocycles. The van der Waals surface area contributed by atoms with E-state index in [4.69, 9.17) is 11.6 Å². The zero-order valence-corrected chi connectivity index (χ0v) is 14.0. The minimum atomic E-state index is -0.966. The fraction of sp³-hybridized carbons (Fsp3) is 0.353. The number of hydrogen-bond donors (Lipinski definition) is 1. The smallest absolute Gasteiger partial charge is 0.326 e. The number of aromatic nitrogens is 2. The molecule has 1 N–H and O–H groups in total. The number of likely N-dealkylation sites (tertiary alicyclic amines) is 1. The average Bonchev–Trinajstić information content (AvgIpc) is 2.96. The second-order valence-corrected chi connectivity index (χ2v) is 6.31. The predicted octanol–water partition coefficient (Wildman–Crippen LogP) is 2.91. The average molecular weight is 348 g/mol. The van der Waals surface area contributed by atoms with Crippen LogP contribution < -0.4 is 0 Å². The maximum atomic E-state index is 12.8. The zero-order chi connectivity index (χ0) is 17.3. The number of carboxylic acid groups (broad SMARTS) is 1. The molecule has 0 aliphatic carbocycles. The van der Waals surface area contributed by atoms with Gasteiger partial charge in [0.2, 0.25) is 0 Å². The van der Waals surface area contributed by atoms with Crippen molar-refractivity contribution in [3.05, 3.63) is 46.7 Å². The number of halogens is 1. The van der Waals surface area contributed by atoms with E-state index in [2.05, 4.69) is 5.10 Å². The zero-order valence-electron chi connectivity index (χ0n) is 13.3. The minimum absolute atomic E-state index is 0.267. The van der Waals surface area contributed by atoms with Crippen molar-refractivity contribution >= 4 is 23.5 Å². The number of piperidine rings is 1. The third kappa shape index (κ3) is 3.01. The van der Waals surface area contributed by atoms with Gasteiger partial charge in [0.1, 0.15) is 6.04 Å². The van der Waals surface area contributed by atoms with E-state index in [1.807, 2.05) is 18.2 Å². The van der Waals surface area contributed by atoms with E-state index in [-0.39, 0.29) is 11.6 Å². The Balaban J connectivity index is 1.93. The molecule has 1 aliphatic rings. The van der Waals surface area contributed by atoms with E-state index < -0.39 is 12.0 Å². The van der Waals surface area contributed by atoms with Crippen molar-refractivity contribution in [3.8, 4) is 5.69 Å². The normalized spacial score (nSPS) is 17.8. The van der Waals surface area contributed by atoms with Crippen LogP contribution in [-0.2, 0) is 4.79 Å². The molecular weight excluding hydrogens is 330 g/mol. The van der Waals surface area contributed by atoms with Gasteiger partial charge in [0, 0.05) is 18.3 Å². The molecule has 1 atom stereocenters. The van der Waals surface area contributed by atoms with E-state index in [0.717, 1.165) is 12.8 Å². The summed E-state index contributed by atoms with van der Waals surface area (Å²) < 4.78 is 1.56. The molecule has 0 radical (unpaired) electrons. The summed E-state index contributed by atoms with van der Waals surface area (Å²) in [6.07, 6.45) is 3.83. The third-order valence-electron chi connectivity index (χ3n) is 4.25. The summed E-state index contributed by atoms with van der Waals surface area (Å²) in [5.74, 6) is -1.31. The van der Waals surface area contributed by atoms with E-state index in [1.165, 1.54) is 4.90 Å². The summed E-state index contributed by atoms with van der Waals surface area (Å²) >= 11 is 6.18. The number of aryl methyl sites for hydroxylation is 1. The summed E-state index contributed by atoms with van der Waals surface area (Å²) in [6, 6.07) is 6.44. The standard InChI is InChI=1S/C17H18ClN3O3/c1-11-10-21(13-7-3-2-6-12(13)18)19-15(11)16(22)20-9-5-4-8-14(20)17(23)24/h2-3,6-7,10,14H,4-5,8-9H2,1H3,(H,23,24). The number of carbonyl (C=O) groups excluding carboxylic acids is 1. The van der Waals surface area contributed by atoms with E-state index >= 15 is 0 Å². The molecule has 1 amide bonds. The molecule has 1 aromatic carbocycles. The highest BCUT2D eigenvalue weighted by molar-refractivity contribution is 6.32. The fourth-order valence-electron chi connectivity index (χ4n) is 3.00. The van der Waals surface area contributed by atoms with Gasteiger partial charge in [0.05, 0.1) is 10.7 Å². The van der Waals surface area contributed by atoms with Gasteiger partial charge in [-0.3, -0.25) is 4.79 Å². The van der Waals surface area contributed by atoms with Gasteiger partial charge in [-0.2, -0.15) is 5.10 Å². The molecule has 7 heteroatoms. The SMILES string of the molecule is Cc1cn(-c2ccccc2Cl)nc1C(=O)N1CCCCC1C(=O)O. The van der Waals surface area contributed by atoms with Crippen molar-refractivity contribution in [3.63, 3.8) is 0 Å². The van der Waals surface area contributed by atoms with Crippen LogP contribution >= 0.6 is 11.6 Å². The van der Waals surface area contributed by atoms with Crippen LogP contribution in [-0.4, -0.2) is 44.3 Å². The van der Waals surface area contributed by atoms with Crippen LogP contribution in [0.4, 0.5) is 0 Å². The Bertz CT molecular complexity index is 787. The number of carboxylic acids is 1. The summed E-state index contributed by atoms with van der Waals surface area (Å²) in [4.78, 5) is 25.7. The molecule has 1 aliphatic heterocycles. The van der Waals surface area contributed by atoms with E-state index in [9.17, 15) is 14.7 Å². The highest BCUT2D eigenvalue weighted by Gasteiger charge is 2.34. The van der Waals surface area contributed by atoms with Gasteiger partial charge in [-0.25, -0.2) is 9.48 Å². The van der Waals surface area contributed by atoms with Gasteiger partial charge < -0.3 is 10.0 Å². The lowest BCUT2D eigenvalue weighted by molar-refractivity contribution is -0.143. The summed E-state index contributed by atoms with van der Waals surface area (Å²) in [5.41, 5.74) is 1.63. The molecule has 2 aromatic rings. The highest BCUT2D eigenvalue weighted by atomic mass is 35.5. The summed E-state index contributed by atoms with van der Waals surface area (Å²) in [7, 11) is 0. The molecule has 1 unspecified atom stereocenters. The number of nitrogens with zero attached hydrogens (tertiary/aromatic N) is 3. The summed E-state index contributed by atoms with van der Waals surface area (Å²) in [6.45, 7) is 2.22. The van der Waals surface area contributed by atoms with Crippen molar-refractivity contribution in [1.29, 1.82) is 0 Å². The Labute approximate surface area is 144 Å². The first-order valence-corrected chi connectivity index (χ1v) is 8.22. The Hall–Kier alpha value is -2.34. The first kappa shape index (κ1) is 16.5. The van der Waals surface area contributed by atoms with Gasteiger partial charge in [-0.1, -0.05) is 23.7 Å². The van der Waals surface area contributed by atoms with Gasteiger partial charge in [0.15, 0.2) is 5.69 Å². The van der Waals surface area contributed by atoms with Crippen LogP contribution in [0.15, 0.2) is 30.5 Å². The van der Waals surface area contributed by atoms with Crippen molar-refractivity contribution in [2.24, 2.45) is 0 Å². The number of amides is 1. The first-order chi connectivity index (χ1) is 11.5. The predicted molar refractivity (Wildman–Crippen MR) is 89.6 cm³/mol. The number of hydrogen-bond acceptors (Lipinski definition) is 3. The maximum absolute atomic E-state index is 12.8. The Morgan fingerprint density at radius 3 is 2.75 bits per heavy atom.